The number of nitrogens with two attached hydrogens (primary N) is 1. The fourth-order valence-electron chi connectivity index (χ4n) is 5.33. The molecule has 4 rings (SSSR count). The van der Waals surface area contributed by atoms with E-state index in [0.717, 1.165) is 48.8 Å². The number of fused-ring (bicyclic) bond motifs is 2. The van der Waals surface area contributed by atoms with Crippen LogP contribution in [-0.4, -0.2) is 16.9 Å². The van der Waals surface area contributed by atoms with Crippen LogP contribution in [0.5, 0.6) is 0 Å². The number of aryl methyl sites for hydroxylation is 2. The van der Waals surface area contributed by atoms with Crippen molar-refractivity contribution in [3.63, 3.8) is 0 Å². The first kappa shape index (κ1) is 14.6. The Kier molecular flexibility index (Phi) is 3.35. The monoisotopic (exact) mass is 319 g/mol. The third-order valence-electron chi connectivity index (χ3n) is 6.26. The molecule has 22 heavy (non-hydrogen) atoms. The lowest BCUT2D eigenvalue weighted by molar-refractivity contribution is -0.127. The Morgan fingerprint density at radius 3 is 2.64 bits per heavy atom. The number of rotatable bonds is 2. The Hall–Kier alpha value is -0.940. The first-order valence-electron chi connectivity index (χ1n) is 8.46. The van der Waals surface area contributed by atoms with Crippen LogP contribution in [0.1, 0.15) is 49.1 Å². The minimum atomic E-state index is -0.147. The van der Waals surface area contributed by atoms with E-state index >= 15 is 0 Å². The van der Waals surface area contributed by atoms with Crippen LogP contribution in [0.15, 0.2) is 0 Å². The Balaban J connectivity index is 1.56. The lowest BCUT2D eigenvalue weighted by Gasteiger charge is -2.37. The lowest BCUT2D eigenvalue weighted by atomic mass is 9.69. The average molecular weight is 319 g/mol. The van der Waals surface area contributed by atoms with Crippen molar-refractivity contribution in [2.75, 3.05) is 5.32 Å². The Morgan fingerprint density at radius 2 is 1.95 bits per heavy atom. The van der Waals surface area contributed by atoms with E-state index in [-0.39, 0.29) is 11.3 Å². The number of carbonyl (C=O) groups excluding carboxylic acids is 1. The largest absolute Gasteiger partial charge is 0.328 e. The van der Waals surface area contributed by atoms with Crippen LogP contribution in [-0.2, 0) is 4.79 Å². The second-order valence-electron chi connectivity index (χ2n) is 7.86. The van der Waals surface area contributed by atoms with Gasteiger partial charge in [-0.25, -0.2) is 4.98 Å². The predicted octanol–water partition coefficient (Wildman–Crippen LogP) is 3.24. The second-order valence-corrected chi connectivity index (χ2v) is 9.06. The number of hydrogen-bond donors (Lipinski definition) is 2. The highest BCUT2D eigenvalue weighted by Gasteiger charge is 2.56. The highest BCUT2D eigenvalue weighted by Crippen LogP contribution is 2.60. The smallest absolute Gasteiger partial charge is 0.232 e. The molecule has 0 aromatic carbocycles. The van der Waals surface area contributed by atoms with E-state index in [2.05, 4.69) is 17.2 Å². The summed E-state index contributed by atoms with van der Waals surface area (Å²) in [5.74, 6) is 2.24. The summed E-state index contributed by atoms with van der Waals surface area (Å²) in [5.41, 5.74) is 7.13. The van der Waals surface area contributed by atoms with Gasteiger partial charge in [0.1, 0.15) is 0 Å². The van der Waals surface area contributed by atoms with Gasteiger partial charge in [0.15, 0.2) is 5.13 Å². The molecule has 120 valence electrons. The van der Waals surface area contributed by atoms with Gasteiger partial charge >= 0.3 is 0 Å². The summed E-state index contributed by atoms with van der Waals surface area (Å²) in [6.45, 7) is 4.05. The van der Waals surface area contributed by atoms with E-state index in [1.165, 1.54) is 11.3 Å². The Labute approximate surface area is 135 Å². The van der Waals surface area contributed by atoms with Crippen LogP contribution in [0, 0.1) is 37.0 Å². The molecular weight excluding hydrogens is 294 g/mol. The van der Waals surface area contributed by atoms with Crippen LogP contribution < -0.4 is 11.1 Å². The molecule has 3 saturated carbocycles. The minimum Gasteiger partial charge on any atom is -0.328 e. The molecule has 3 aliphatic carbocycles. The van der Waals surface area contributed by atoms with Gasteiger partial charge in [-0.1, -0.05) is 0 Å². The normalized spacial score (nSPS) is 39.8. The maximum absolute atomic E-state index is 13.0. The molecule has 0 spiro atoms. The molecular formula is C17H25N3OS. The maximum atomic E-state index is 13.0. The zero-order chi connectivity index (χ0) is 15.5. The van der Waals surface area contributed by atoms with E-state index in [4.69, 9.17) is 5.73 Å². The maximum Gasteiger partial charge on any atom is 0.232 e. The summed E-state index contributed by atoms with van der Waals surface area (Å²) in [6.07, 6.45) is 6.65. The molecule has 3 N–H and O–H groups in total. The molecule has 4 nitrogen and oxygen atoms in total. The molecule has 1 amide bonds. The summed E-state index contributed by atoms with van der Waals surface area (Å²) in [4.78, 5) is 18.7. The molecule has 3 aliphatic rings. The lowest BCUT2D eigenvalue weighted by Crippen LogP contribution is -2.40. The summed E-state index contributed by atoms with van der Waals surface area (Å²) in [6, 6.07) is 0.350. The van der Waals surface area contributed by atoms with Gasteiger partial charge in [-0.2, -0.15) is 0 Å². The van der Waals surface area contributed by atoms with Crippen molar-refractivity contribution in [3.05, 3.63) is 10.6 Å². The summed E-state index contributed by atoms with van der Waals surface area (Å²) < 4.78 is 0. The topological polar surface area (TPSA) is 68.0 Å². The zero-order valence-electron chi connectivity index (χ0n) is 13.4. The van der Waals surface area contributed by atoms with Crippen molar-refractivity contribution in [1.82, 2.24) is 4.98 Å². The highest BCUT2D eigenvalue weighted by atomic mass is 32.1. The van der Waals surface area contributed by atoms with Crippen molar-refractivity contribution in [2.45, 2.75) is 58.4 Å². The third kappa shape index (κ3) is 2.29. The van der Waals surface area contributed by atoms with Crippen LogP contribution >= 0.6 is 11.3 Å². The van der Waals surface area contributed by atoms with Crippen molar-refractivity contribution < 1.29 is 4.79 Å². The minimum absolute atomic E-state index is 0.147. The first-order valence-corrected chi connectivity index (χ1v) is 9.28. The predicted molar refractivity (Wildman–Crippen MR) is 88.8 cm³/mol. The number of amides is 1. The van der Waals surface area contributed by atoms with Crippen LogP contribution in [0.3, 0.4) is 0 Å². The highest BCUT2D eigenvalue weighted by molar-refractivity contribution is 7.15. The van der Waals surface area contributed by atoms with Gasteiger partial charge in [0.05, 0.1) is 11.1 Å². The SMILES string of the molecule is Cc1nc(NC(=O)C23CC4CC(N)CC(C2)C(C4)C3)sc1C. The van der Waals surface area contributed by atoms with Crippen molar-refractivity contribution in [1.29, 1.82) is 0 Å². The number of aromatic nitrogens is 1. The van der Waals surface area contributed by atoms with Crippen LogP contribution in [0.4, 0.5) is 5.13 Å². The number of carbonyl (C=O) groups is 1. The first-order chi connectivity index (χ1) is 10.4. The number of nitrogens with one attached hydrogen (secondary N) is 1. The molecule has 1 aromatic rings. The molecule has 5 heteroatoms. The van der Waals surface area contributed by atoms with Gasteiger partial charge in [-0.3, -0.25) is 4.79 Å². The fourth-order valence-corrected chi connectivity index (χ4v) is 6.14. The number of anilines is 1. The standard InChI is InChI=1S/C17H25N3OS/c1-9-10(2)22-16(19-9)20-15(21)17-6-11-3-12(7-17)13(8-17)5-14(18)4-11/h11-14H,3-8,18H2,1-2H3,(H,19,20,21). The zero-order valence-corrected chi connectivity index (χ0v) is 14.2. The molecule has 3 bridgehead atoms. The average Bonchev–Trinajstić information content (AvgIpc) is 2.84. The van der Waals surface area contributed by atoms with Crippen molar-refractivity contribution in [3.8, 4) is 0 Å². The summed E-state index contributed by atoms with van der Waals surface area (Å²) in [5, 5.41) is 3.90. The molecule has 0 aliphatic heterocycles. The fraction of sp³-hybridized carbons (Fsp3) is 0.765. The number of hydrogen-bond acceptors (Lipinski definition) is 4. The Morgan fingerprint density at radius 1 is 1.23 bits per heavy atom. The molecule has 0 radical (unpaired) electrons. The molecule has 0 saturated heterocycles. The van der Waals surface area contributed by atoms with Gasteiger partial charge in [-0.05, 0) is 70.1 Å². The summed E-state index contributed by atoms with van der Waals surface area (Å²) in [7, 11) is 0. The third-order valence-corrected chi connectivity index (χ3v) is 7.25. The van der Waals surface area contributed by atoms with Crippen molar-refractivity contribution in [2.24, 2.45) is 28.9 Å². The van der Waals surface area contributed by atoms with Gasteiger partial charge in [0, 0.05) is 10.9 Å². The summed E-state index contributed by atoms with van der Waals surface area (Å²) >= 11 is 1.59. The van der Waals surface area contributed by atoms with Gasteiger partial charge in [0.25, 0.3) is 0 Å². The van der Waals surface area contributed by atoms with Crippen LogP contribution in [0.2, 0.25) is 0 Å². The van der Waals surface area contributed by atoms with Gasteiger partial charge in [0.2, 0.25) is 5.91 Å². The van der Waals surface area contributed by atoms with E-state index in [0.29, 0.717) is 17.9 Å². The van der Waals surface area contributed by atoms with E-state index < -0.39 is 0 Å². The van der Waals surface area contributed by atoms with Crippen LogP contribution in [0.25, 0.3) is 0 Å². The quantitative estimate of drug-likeness (QED) is 0.879. The number of nitrogens with zero attached hydrogens (tertiary/aromatic N) is 1. The number of thiazole rings is 1. The van der Waals surface area contributed by atoms with Gasteiger partial charge in [-0.15, -0.1) is 11.3 Å². The molecule has 3 fully saturated rings. The second kappa shape index (κ2) is 5.03. The van der Waals surface area contributed by atoms with Crippen molar-refractivity contribution >= 4 is 22.4 Å². The molecule has 1 heterocycles. The molecule has 5 atom stereocenters. The Bertz CT molecular complexity index is 590. The van der Waals surface area contributed by atoms with E-state index in [1.54, 1.807) is 11.3 Å². The molecule has 1 aromatic heterocycles. The molecule has 5 unspecified atom stereocenters. The van der Waals surface area contributed by atoms with E-state index in [1.807, 2.05) is 6.92 Å². The van der Waals surface area contributed by atoms with Gasteiger partial charge < -0.3 is 11.1 Å². The van der Waals surface area contributed by atoms with E-state index in [9.17, 15) is 4.79 Å².